The van der Waals surface area contributed by atoms with Crippen molar-refractivity contribution < 1.29 is 9.60 Å². The van der Waals surface area contributed by atoms with Crippen molar-refractivity contribution in [1.82, 2.24) is 14.5 Å². The summed E-state index contributed by atoms with van der Waals surface area (Å²) >= 11 is 0. The number of nitrogens with two attached hydrogens (primary N) is 1. The molecule has 0 aliphatic rings. The van der Waals surface area contributed by atoms with Crippen molar-refractivity contribution >= 4 is 34.4 Å². The molecule has 2 aromatic heterocycles. The Kier molecular flexibility index (Phi) is 4.59. The number of nitrogen functional groups attached to an aromatic ring is 1. The Hall–Kier alpha value is -3.94. The average molecular weight is 376 g/mol. The number of oxime groups is 1. The minimum atomic E-state index is -0.244. The second-order valence-corrected chi connectivity index (χ2v) is 6.24. The zero-order valence-corrected chi connectivity index (χ0v) is 14.7. The number of nitrogens with one attached hydrogen (secondary N) is 1. The number of rotatable bonds is 5. The lowest BCUT2D eigenvalue weighted by Crippen LogP contribution is -2.05. The van der Waals surface area contributed by atoms with Crippen LogP contribution >= 0.6 is 0 Å². The van der Waals surface area contributed by atoms with Gasteiger partial charge in [0.05, 0.1) is 11.8 Å². The Balaban J connectivity index is 1.62. The molecule has 0 fully saturated rings. The number of benzene rings is 2. The molecule has 8 heteroatoms. The van der Waals surface area contributed by atoms with Gasteiger partial charge in [-0.3, -0.25) is 0 Å². The third kappa shape index (κ3) is 3.48. The molecule has 0 unspecified atom stereocenters. The van der Waals surface area contributed by atoms with E-state index < -0.39 is 0 Å². The zero-order valence-electron chi connectivity index (χ0n) is 14.7. The van der Waals surface area contributed by atoms with Crippen LogP contribution in [-0.2, 0) is 6.54 Å². The monoisotopic (exact) mass is 376 g/mol. The molecule has 140 valence electrons. The first-order chi connectivity index (χ1) is 13.6. The van der Waals surface area contributed by atoms with Gasteiger partial charge in [-0.25, -0.2) is 14.4 Å². The van der Waals surface area contributed by atoms with Crippen molar-refractivity contribution in [1.29, 1.82) is 0 Å². The number of anilines is 3. The quantitative estimate of drug-likeness (QED) is 0.280. The lowest BCUT2D eigenvalue weighted by Gasteiger charge is -2.10. The summed E-state index contributed by atoms with van der Waals surface area (Å²) < 4.78 is 15.5. The molecule has 0 saturated carbocycles. The second kappa shape index (κ2) is 7.36. The zero-order chi connectivity index (χ0) is 19.5. The third-order valence-corrected chi connectivity index (χ3v) is 4.38. The highest BCUT2D eigenvalue weighted by Crippen LogP contribution is 2.25. The molecule has 4 rings (SSSR count). The van der Waals surface area contributed by atoms with E-state index in [-0.39, 0.29) is 11.6 Å². The molecule has 0 saturated heterocycles. The summed E-state index contributed by atoms with van der Waals surface area (Å²) in [6.07, 6.45) is 4.48. The van der Waals surface area contributed by atoms with Crippen LogP contribution in [0.2, 0.25) is 0 Å². The topological polar surface area (TPSA) is 101 Å². The number of halogens is 1. The fourth-order valence-electron chi connectivity index (χ4n) is 3.08. The van der Waals surface area contributed by atoms with Gasteiger partial charge in [-0.2, -0.15) is 0 Å². The van der Waals surface area contributed by atoms with Crippen LogP contribution in [0.4, 0.5) is 21.7 Å². The first kappa shape index (κ1) is 17.5. The predicted molar refractivity (Wildman–Crippen MR) is 107 cm³/mol. The fraction of sp³-hybridized carbons (Fsp3) is 0.0500. The molecule has 4 aromatic rings. The number of hydrogen-bond donors (Lipinski definition) is 3. The number of fused-ring (bicyclic) bond motifs is 1. The summed E-state index contributed by atoms with van der Waals surface area (Å²) in [6, 6.07) is 14.4. The molecule has 0 radical (unpaired) electrons. The van der Waals surface area contributed by atoms with E-state index in [9.17, 15) is 4.39 Å². The number of aromatic nitrogens is 3. The highest BCUT2D eigenvalue weighted by atomic mass is 19.1. The predicted octanol–water partition coefficient (Wildman–Crippen LogP) is 3.75. The number of nitrogens with zero attached hydrogens (tertiary/aromatic N) is 4. The Morgan fingerprint density at radius 1 is 1.18 bits per heavy atom. The molecule has 0 bridgehead atoms. The summed E-state index contributed by atoms with van der Waals surface area (Å²) in [5.41, 5.74) is 8.92. The van der Waals surface area contributed by atoms with E-state index in [4.69, 9.17) is 10.9 Å². The maximum Gasteiger partial charge on any atom is 0.144 e. The summed E-state index contributed by atoms with van der Waals surface area (Å²) in [5, 5.41) is 16.0. The van der Waals surface area contributed by atoms with Gasteiger partial charge < -0.3 is 20.8 Å². The molecule has 7 nitrogen and oxygen atoms in total. The maximum absolute atomic E-state index is 13.4. The van der Waals surface area contributed by atoms with E-state index in [1.165, 1.54) is 24.7 Å². The van der Waals surface area contributed by atoms with Crippen LogP contribution in [0.25, 0.3) is 10.9 Å². The molecule has 0 aliphatic heterocycles. The van der Waals surface area contributed by atoms with E-state index in [0.717, 1.165) is 22.2 Å². The van der Waals surface area contributed by atoms with E-state index >= 15 is 0 Å². The first-order valence-corrected chi connectivity index (χ1v) is 8.52. The molecular weight excluding hydrogens is 359 g/mol. The van der Waals surface area contributed by atoms with Crippen molar-refractivity contribution in [2.45, 2.75) is 6.54 Å². The van der Waals surface area contributed by atoms with E-state index in [2.05, 4.69) is 25.0 Å². The van der Waals surface area contributed by atoms with Gasteiger partial charge in [0, 0.05) is 29.3 Å². The Bertz CT molecular complexity index is 1170. The van der Waals surface area contributed by atoms with Gasteiger partial charge in [0.25, 0.3) is 0 Å². The Morgan fingerprint density at radius 3 is 2.89 bits per heavy atom. The van der Waals surface area contributed by atoms with Crippen LogP contribution in [0.5, 0.6) is 0 Å². The third-order valence-electron chi connectivity index (χ3n) is 4.38. The Labute approximate surface area is 160 Å². The summed E-state index contributed by atoms with van der Waals surface area (Å²) in [5.74, 6) is 0.397. The van der Waals surface area contributed by atoms with Crippen molar-refractivity contribution in [2.24, 2.45) is 5.16 Å². The van der Waals surface area contributed by atoms with E-state index in [0.29, 0.717) is 17.9 Å². The van der Waals surface area contributed by atoms with Crippen LogP contribution in [0.1, 0.15) is 11.1 Å². The van der Waals surface area contributed by atoms with Gasteiger partial charge in [0.15, 0.2) is 0 Å². The smallest absolute Gasteiger partial charge is 0.144 e. The van der Waals surface area contributed by atoms with Gasteiger partial charge in [-0.15, -0.1) is 0 Å². The molecule has 4 N–H and O–H groups in total. The lowest BCUT2D eigenvalue weighted by molar-refractivity contribution is 0.322. The molecular formula is C20H17FN6O. The molecule has 2 aromatic carbocycles. The maximum atomic E-state index is 13.4. The summed E-state index contributed by atoms with van der Waals surface area (Å²) in [7, 11) is 0. The van der Waals surface area contributed by atoms with Crippen LogP contribution in [-0.4, -0.2) is 26.0 Å². The summed E-state index contributed by atoms with van der Waals surface area (Å²) in [4.78, 5) is 8.05. The minimum Gasteiger partial charge on any atom is -0.411 e. The van der Waals surface area contributed by atoms with Crippen molar-refractivity contribution in [3.05, 3.63) is 78.0 Å². The molecule has 0 aliphatic carbocycles. The van der Waals surface area contributed by atoms with Crippen LogP contribution < -0.4 is 11.1 Å². The lowest BCUT2D eigenvalue weighted by atomic mass is 10.2. The van der Waals surface area contributed by atoms with Crippen molar-refractivity contribution in [3.8, 4) is 0 Å². The summed E-state index contributed by atoms with van der Waals surface area (Å²) in [6.45, 7) is 0.577. The van der Waals surface area contributed by atoms with Gasteiger partial charge >= 0.3 is 0 Å². The van der Waals surface area contributed by atoms with Crippen molar-refractivity contribution in [2.75, 3.05) is 11.1 Å². The largest absolute Gasteiger partial charge is 0.411 e. The minimum absolute atomic E-state index is 0.206. The SMILES string of the molecule is Nc1ncnc(Nc2ccc3c(ccn3Cc3cccc(F)c3)c2)c1C=NO. The normalized spacial score (nSPS) is 11.3. The van der Waals surface area contributed by atoms with E-state index in [1.807, 2.05) is 36.5 Å². The highest BCUT2D eigenvalue weighted by molar-refractivity contribution is 5.93. The first-order valence-electron chi connectivity index (χ1n) is 8.52. The Morgan fingerprint density at radius 2 is 2.07 bits per heavy atom. The second-order valence-electron chi connectivity index (χ2n) is 6.24. The van der Waals surface area contributed by atoms with Gasteiger partial charge in [-0.05, 0) is 42.0 Å². The van der Waals surface area contributed by atoms with Gasteiger partial charge in [-0.1, -0.05) is 17.3 Å². The number of hydrogen-bond acceptors (Lipinski definition) is 6. The van der Waals surface area contributed by atoms with Gasteiger partial charge in [0.2, 0.25) is 0 Å². The van der Waals surface area contributed by atoms with Crippen molar-refractivity contribution in [3.63, 3.8) is 0 Å². The molecule has 2 heterocycles. The fourth-order valence-corrected chi connectivity index (χ4v) is 3.08. The molecule has 0 amide bonds. The van der Waals surface area contributed by atoms with E-state index in [1.54, 1.807) is 6.07 Å². The highest BCUT2D eigenvalue weighted by Gasteiger charge is 2.09. The van der Waals surface area contributed by atoms with Crippen LogP contribution in [0, 0.1) is 5.82 Å². The van der Waals surface area contributed by atoms with Gasteiger partial charge in [0.1, 0.15) is 23.8 Å². The molecule has 28 heavy (non-hydrogen) atoms. The van der Waals surface area contributed by atoms with Crippen LogP contribution in [0.15, 0.2) is 66.2 Å². The molecule has 0 spiro atoms. The molecule has 0 atom stereocenters. The average Bonchev–Trinajstić information content (AvgIpc) is 3.07. The standard InChI is InChI=1S/C20H17FN6O/c21-15-3-1-2-13(8-15)11-27-7-6-14-9-16(4-5-18(14)27)26-20-17(10-25-28)19(22)23-12-24-20/h1-10,12,28H,11H2,(H3,22,23,24,26). The van der Waals surface area contributed by atoms with Crippen LogP contribution in [0.3, 0.4) is 0 Å².